The lowest BCUT2D eigenvalue weighted by atomic mass is 10.2. The first-order valence-corrected chi connectivity index (χ1v) is 6.73. The van der Waals surface area contributed by atoms with E-state index in [0.717, 1.165) is 22.6 Å². The van der Waals surface area contributed by atoms with E-state index in [1.165, 1.54) is 6.39 Å². The molecule has 0 atom stereocenters. The zero-order chi connectivity index (χ0) is 14.5. The number of halogens is 1. The van der Waals surface area contributed by atoms with Crippen molar-refractivity contribution in [1.82, 2.24) is 4.98 Å². The minimum absolute atomic E-state index is 0.711. The van der Waals surface area contributed by atoms with Crippen LogP contribution in [0.4, 0.5) is 5.69 Å². The van der Waals surface area contributed by atoms with Crippen molar-refractivity contribution in [2.75, 3.05) is 5.43 Å². The van der Waals surface area contributed by atoms with Crippen LogP contribution < -0.4 is 5.43 Å². The quantitative estimate of drug-likeness (QED) is 0.572. The molecular formula is C16H12ClN3O. The summed E-state index contributed by atoms with van der Waals surface area (Å²) in [5.41, 5.74) is 5.81. The van der Waals surface area contributed by atoms with Gasteiger partial charge in [-0.3, -0.25) is 5.43 Å². The summed E-state index contributed by atoms with van der Waals surface area (Å²) < 4.78 is 5.24. The summed E-state index contributed by atoms with van der Waals surface area (Å²) in [5.74, 6) is 0.742. The van der Waals surface area contributed by atoms with Crippen molar-refractivity contribution in [3.63, 3.8) is 0 Å². The van der Waals surface area contributed by atoms with E-state index in [-0.39, 0.29) is 0 Å². The Morgan fingerprint density at radius 3 is 2.48 bits per heavy atom. The fourth-order valence-corrected chi connectivity index (χ4v) is 1.92. The van der Waals surface area contributed by atoms with Crippen LogP contribution in [0.25, 0.3) is 11.3 Å². The number of hydrogen-bond acceptors (Lipinski definition) is 4. The number of hydrazone groups is 1. The molecule has 0 saturated heterocycles. The Balaban J connectivity index is 1.64. The van der Waals surface area contributed by atoms with E-state index >= 15 is 0 Å². The maximum Gasteiger partial charge on any atom is 0.181 e. The van der Waals surface area contributed by atoms with Gasteiger partial charge in [0.2, 0.25) is 0 Å². The fourth-order valence-electron chi connectivity index (χ4n) is 1.80. The highest BCUT2D eigenvalue weighted by molar-refractivity contribution is 6.30. The molecule has 3 aromatic rings. The smallest absolute Gasteiger partial charge is 0.181 e. The summed E-state index contributed by atoms with van der Waals surface area (Å²) in [6, 6.07) is 15.2. The number of nitrogens with one attached hydrogen (secondary N) is 1. The molecule has 1 aromatic heterocycles. The normalized spacial score (nSPS) is 10.9. The largest absolute Gasteiger partial charge is 0.444 e. The van der Waals surface area contributed by atoms with Crippen LogP contribution in [0.15, 0.2) is 70.6 Å². The molecule has 0 saturated carbocycles. The van der Waals surface area contributed by atoms with E-state index in [1.807, 2.05) is 48.5 Å². The van der Waals surface area contributed by atoms with Gasteiger partial charge < -0.3 is 4.42 Å². The van der Waals surface area contributed by atoms with Gasteiger partial charge >= 0.3 is 0 Å². The first-order valence-electron chi connectivity index (χ1n) is 6.35. The molecule has 0 aliphatic rings. The highest BCUT2D eigenvalue weighted by Crippen LogP contribution is 2.20. The monoisotopic (exact) mass is 297 g/mol. The molecule has 0 radical (unpaired) electrons. The molecule has 0 amide bonds. The van der Waals surface area contributed by atoms with E-state index < -0.39 is 0 Å². The summed E-state index contributed by atoms with van der Waals surface area (Å²) >= 11 is 5.83. The van der Waals surface area contributed by atoms with Crippen molar-refractivity contribution >= 4 is 23.5 Å². The van der Waals surface area contributed by atoms with Crippen LogP contribution in [-0.2, 0) is 0 Å². The molecule has 1 heterocycles. The van der Waals surface area contributed by atoms with Gasteiger partial charge in [0.05, 0.1) is 18.1 Å². The van der Waals surface area contributed by atoms with Crippen LogP contribution >= 0.6 is 11.6 Å². The van der Waals surface area contributed by atoms with E-state index in [9.17, 15) is 0 Å². The SMILES string of the molecule is Clc1ccc(C=NNc2ccc(-c3cnco3)cc2)cc1. The number of benzene rings is 2. The molecule has 0 aliphatic heterocycles. The second-order valence-electron chi connectivity index (χ2n) is 4.36. The standard InChI is InChI=1S/C16H12ClN3O/c17-14-5-1-12(2-6-14)9-19-20-15-7-3-13(4-8-15)16-10-18-11-21-16/h1-11,20H. The Morgan fingerprint density at radius 1 is 1.05 bits per heavy atom. The molecule has 2 aromatic carbocycles. The summed E-state index contributed by atoms with van der Waals surface area (Å²) in [6.07, 6.45) is 4.83. The lowest BCUT2D eigenvalue weighted by Gasteiger charge is -2.01. The molecule has 0 spiro atoms. The average molecular weight is 298 g/mol. The van der Waals surface area contributed by atoms with Crippen molar-refractivity contribution in [2.24, 2.45) is 5.10 Å². The van der Waals surface area contributed by atoms with Crippen molar-refractivity contribution in [1.29, 1.82) is 0 Å². The van der Waals surface area contributed by atoms with E-state index in [1.54, 1.807) is 12.4 Å². The molecule has 21 heavy (non-hydrogen) atoms. The van der Waals surface area contributed by atoms with Gasteiger partial charge in [0.25, 0.3) is 0 Å². The lowest BCUT2D eigenvalue weighted by Crippen LogP contribution is -1.90. The van der Waals surface area contributed by atoms with Crippen LogP contribution in [0.2, 0.25) is 5.02 Å². The minimum Gasteiger partial charge on any atom is -0.444 e. The summed E-state index contributed by atoms with van der Waals surface area (Å²) in [5, 5.41) is 4.89. The third-order valence-electron chi connectivity index (χ3n) is 2.88. The Hall–Kier alpha value is -2.59. The molecule has 0 fully saturated rings. The zero-order valence-corrected chi connectivity index (χ0v) is 11.8. The van der Waals surface area contributed by atoms with Gasteiger partial charge in [0.1, 0.15) is 0 Å². The van der Waals surface area contributed by atoms with E-state index in [4.69, 9.17) is 16.0 Å². The van der Waals surface area contributed by atoms with Gasteiger partial charge in [-0.25, -0.2) is 4.98 Å². The molecular weight excluding hydrogens is 286 g/mol. The van der Waals surface area contributed by atoms with Gasteiger partial charge in [0.15, 0.2) is 12.2 Å². The highest BCUT2D eigenvalue weighted by atomic mass is 35.5. The summed E-state index contributed by atoms with van der Waals surface area (Å²) in [4.78, 5) is 3.90. The second-order valence-corrected chi connectivity index (χ2v) is 4.80. The third kappa shape index (κ3) is 3.49. The number of nitrogens with zero attached hydrogens (tertiary/aromatic N) is 2. The van der Waals surface area contributed by atoms with Crippen LogP contribution in [0.3, 0.4) is 0 Å². The van der Waals surface area contributed by atoms with Crippen molar-refractivity contribution in [2.45, 2.75) is 0 Å². The molecule has 4 nitrogen and oxygen atoms in total. The number of anilines is 1. The first-order chi connectivity index (χ1) is 10.3. The number of aromatic nitrogens is 1. The van der Waals surface area contributed by atoms with Crippen molar-refractivity contribution in [3.8, 4) is 11.3 Å². The first kappa shape index (κ1) is 13.4. The van der Waals surface area contributed by atoms with Crippen LogP contribution in [-0.4, -0.2) is 11.2 Å². The maximum absolute atomic E-state index is 5.83. The fraction of sp³-hybridized carbons (Fsp3) is 0. The van der Waals surface area contributed by atoms with Crippen molar-refractivity contribution < 1.29 is 4.42 Å². The molecule has 0 aliphatic carbocycles. The van der Waals surface area contributed by atoms with E-state index in [2.05, 4.69) is 15.5 Å². The van der Waals surface area contributed by atoms with E-state index in [0.29, 0.717) is 5.02 Å². The number of hydrogen-bond donors (Lipinski definition) is 1. The Labute approximate surface area is 127 Å². The molecule has 5 heteroatoms. The molecule has 3 rings (SSSR count). The van der Waals surface area contributed by atoms with Crippen LogP contribution in [0, 0.1) is 0 Å². The molecule has 0 unspecified atom stereocenters. The van der Waals surface area contributed by atoms with Crippen LogP contribution in [0.5, 0.6) is 0 Å². The predicted octanol–water partition coefficient (Wildman–Crippen LogP) is 4.44. The number of oxazole rings is 1. The average Bonchev–Trinajstić information content (AvgIpc) is 3.04. The maximum atomic E-state index is 5.83. The topological polar surface area (TPSA) is 50.4 Å². The second kappa shape index (κ2) is 6.24. The van der Waals surface area contributed by atoms with Crippen LogP contribution in [0.1, 0.15) is 5.56 Å². The van der Waals surface area contributed by atoms with Crippen molar-refractivity contribution in [3.05, 3.63) is 71.7 Å². The third-order valence-corrected chi connectivity index (χ3v) is 3.13. The Kier molecular flexibility index (Phi) is 3.98. The molecule has 0 bridgehead atoms. The lowest BCUT2D eigenvalue weighted by molar-refractivity contribution is 0.572. The molecule has 104 valence electrons. The van der Waals surface area contributed by atoms with Gasteiger partial charge in [-0.05, 0) is 42.0 Å². The minimum atomic E-state index is 0.711. The Bertz CT molecular complexity index is 719. The summed E-state index contributed by atoms with van der Waals surface area (Å²) in [6.45, 7) is 0. The van der Waals surface area contributed by atoms with Gasteiger partial charge in [-0.2, -0.15) is 5.10 Å². The summed E-state index contributed by atoms with van der Waals surface area (Å²) in [7, 11) is 0. The number of rotatable bonds is 4. The zero-order valence-electron chi connectivity index (χ0n) is 11.0. The predicted molar refractivity (Wildman–Crippen MR) is 84.6 cm³/mol. The van der Waals surface area contributed by atoms with Gasteiger partial charge in [-0.1, -0.05) is 23.7 Å². The van der Waals surface area contributed by atoms with Gasteiger partial charge in [0, 0.05) is 10.6 Å². The molecule has 1 N–H and O–H groups in total. The van der Waals surface area contributed by atoms with Gasteiger partial charge in [-0.15, -0.1) is 0 Å². The highest BCUT2D eigenvalue weighted by Gasteiger charge is 2.00. The Morgan fingerprint density at radius 2 is 1.81 bits per heavy atom.